The minimum absolute atomic E-state index is 0.215. The van der Waals surface area contributed by atoms with Gasteiger partial charge in [0, 0.05) is 18.8 Å². The Balaban J connectivity index is 1.55. The molecule has 1 N–H and O–H groups in total. The van der Waals surface area contributed by atoms with Crippen LogP contribution in [0, 0.1) is 13.8 Å². The third kappa shape index (κ3) is 4.57. The van der Waals surface area contributed by atoms with Crippen LogP contribution in [0.2, 0.25) is 0 Å². The van der Waals surface area contributed by atoms with Crippen LogP contribution in [0.3, 0.4) is 0 Å². The smallest absolute Gasteiger partial charge is 0.317 e. The molecule has 0 atom stereocenters. The van der Waals surface area contributed by atoms with Crippen molar-refractivity contribution in [2.45, 2.75) is 46.8 Å². The fourth-order valence-corrected chi connectivity index (χ4v) is 4.38. The SMILES string of the molecule is CCn1nc(C)c(CCNC(=O)Cn2c(=O)c(=O)n(Cc3ccccc3)c3ccccc32)c1C. The molecular formula is C26H29N5O3. The molecule has 4 aromatic rings. The van der Waals surface area contributed by atoms with Gasteiger partial charge >= 0.3 is 11.1 Å². The number of carbonyl (C=O) groups is 1. The minimum atomic E-state index is -0.708. The van der Waals surface area contributed by atoms with Crippen LogP contribution in [-0.2, 0) is 30.8 Å². The van der Waals surface area contributed by atoms with E-state index in [1.165, 1.54) is 9.13 Å². The van der Waals surface area contributed by atoms with Crippen molar-refractivity contribution in [2.24, 2.45) is 0 Å². The average Bonchev–Trinajstić information content (AvgIpc) is 3.12. The van der Waals surface area contributed by atoms with Gasteiger partial charge in [0.15, 0.2) is 0 Å². The molecule has 0 aliphatic heterocycles. The molecule has 0 bridgehead atoms. The zero-order valence-electron chi connectivity index (χ0n) is 19.7. The summed E-state index contributed by atoms with van der Waals surface area (Å²) in [6.07, 6.45) is 0.651. The summed E-state index contributed by atoms with van der Waals surface area (Å²) in [6.45, 7) is 7.32. The molecule has 0 fully saturated rings. The van der Waals surface area contributed by atoms with E-state index in [2.05, 4.69) is 10.4 Å². The summed E-state index contributed by atoms with van der Waals surface area (Å²) in [4.78, 5) is 38.7. The largest absolute Gasteiger partial charge is 0.354 e. The van der Waals surface area contributed by atoms with Crippen molar-refractivity contribution in [3.63, 3.8) is 0 Å². The normalized spacial score (nSPS) is 11.1. The van der Waals surface area contributed by atoms with Crippen molar-refractivity contribution in [3.8, 4) is 0 Å². The Hall–Kier alpha value is -3.94. The number of hydrogen-bond acceptors (Lipinski definition) is 4. The molecule has 8 nitrogen and oxygen atoms in total. The summed E-state index contributed by atoms with van der Waals surface area (Å²) < 4.78 is 4.68. The van der Waals surface area contributed by atoms with Crippen LogP contribution in [0.25, 0.3) is 11.0 Å². The lowest BCUT2D eigenvalue weighted by atomic mass is 10.1. The van der Waals surface area contributed by atoms with E-state index in [0.29, 0.717) is 24.0 Å². The molecule has 0 spiro atoms. The molecule has 0 aliphatic rings. The average molecular weight is 460 g/mol. The van der Waals surface area contributed by atoms with E-state index in [-0.39, 0.29) is 19.0 Å². The summed E-state index contributed by atoms with van der Waals surface area (Å²) in [5.74, 6) is -0.314. The predicted molar refractivity (Wildman–Crippen MR) is 132 cm³/mol. The Morgan fingerprint density at radius 1 is 0.912 bits per heavy atom. The van der Waals surface area contributed by atoms with Gasteiger partial charge in [-0.05, 0) is 50.5 Å². The molecule has 0 saturated carbocycles. The zero-order valence-corrected chi connectivity index (χ0v) is 19.7. The third-order valence-corrected chi connectivity index (χ3v) is 6.15. The molecule has 176 valence electrons. The van der Waals surface area contributed by atoms with Gasteiger partial charge in [-0.25, -0.2) is 0 Å². The number of carbonyl (C=O) groups excluding carboxylic acids is 1. The Kier molecular flexibility index (Phi) is 6.77. The molecule has 4 rings (SSSR count). The molecular weight excluding hydrogens is 430 g/mol. The fraction of sp³-hybridized carbons (Fsp3) is 0.308. The van der Waals surface area contributed by atoms with Crippen LogP contribution in [0.1, 0.15) is 29.4 Å². The topological polar surface area (TPSA) is 90.9 Å². The highest BCUT2D eigenvalue weighted by molar-refractivity contribution is 5.80. The Labute approximate surface area is 197 Å². The van der Waals surface area contributed by atoms with E-state index < -0.39 is 11.1 Å². The quantitative estimate of drug-likeness (QED) is 0.410. The first-order valence-corrected chi connectivity index (χ1v) is 11.5. The van der Waals surface area contributed by atoms with Gasteiger partial charge in [0.1, 0.15) is 6.54 Å². The van der Waals surface area contributed by atoms with Gasteiger partial charge in [-0.1, -0.05) is 42.5 Å². The Morgan fingerprint density at radius 2 is 1.53 bits per heavy atom. The highest BCUT2D eigenvalue weighted by Gasteiger charge is 2.16. The molecule has 0 radical (unpaired) electrons. The number of aryl methyl sites for hydroxylation is 2. The monoisotopic (exact) mass is 459 g/mol. The van der Waals surface area contributed by atoms with Crippen LogP contribution in [0.4, 0.5) is 0 Å². The number of aromatic nitrogens is 4. The van der Waals surface area contributed by atoms with Crippen molar-refractivity contribution in [1.29, 1.82) is 0 Å². The minimum Gasteiger partial charge on any atom is -0.354 e. The van der Waals surface area contributed by atoms with Crippen LogP contribution in [-0.4, -0.2) is 31.4 Å². The number of nitrogens with zero attached hydrogens (tertiary/aromatic N) is 4. The lowest BCUT2D eigenvalue weighted by Crippen LogP contribution is -2.44. The molecule has 8 heteroatoms. The summed E-state index contributed by atoms with van der Waals surface area (Å²) in [7, 11) is 0. The van der Waals surface area contributed by atoms with E-state index >= 15 is 0 Å². The molecule has 2 aromatic heterocycles. The maximum absolute atomic E-state index is 13.0. The highest BCUT2D eigenvalue weighted by Crippen LogP contribution is 2.14. The second kappa shape index (κ2) is 9.91. The van der Waals surface area contributed by atoms with Gasteiger partial charge in [-0.2, -0.15) is 5.10 Å². The van der Waals surface area contributed by atoms with Crippen molar-refractivity contribution in [1.82, 2.24) is 24.2 Å². The van der Waals surface area contributed by atoms with Crippen molar-refractivity contribution >= 4 is 16.9 Å². The first kappa shape index (κ1) is 23.2. The molecule has 2 heterocycles. The Morgan fingerprint density at radius 3 is 2.18 bits per heavy atom. The molecule has 0 aliphatic carbocycles. The summed E-state index contributed by atoms with van der Waals surface area (Å²) in [6, 6.07) is 16.7. The van der Waals surface area contributed by atoms with Gasteiger partial charge in [-0.3, -0.25) is 28.2 Å². The van der Waals surface area contributed by atoms with Crippen LogP contribution in [0.15, 0.2) is 64.2 Å². The van der Waals surface area contributed by atoms with Gasteiger partial charge < -0.3 is 5.32 Å². The van der Waals surface area contributed by atoms with Gasteiger partial charge in [0.05, 0.1) is 23.3 Å². The number of fused-ring (bicyclic) bond motifs is 1. The fourth-order valence-electron chi connectivity index (χ4n) is 4.38. The molecule has 1 amide bonds. The van der Waals surface area contributed by atoms with Crippen LogP contribution < -0.4 is 16.4 Å². The number of hydrogen-bond donors (Lipinski definition) is 1. The second-order valence-corrected chi connectivity index (χ2v) is 8.32. The number of benzene rings is 2. The third-order valence-electron chi connectivity index (χ3n) is 6.15. The van der Waals surface area contributed by atoms with E-state index in [1.807, 2.05) is 61.9 Å². The number of para-hydroxylation sites is 2. The maximum Gasteiger partial charge on any atom is 0.317 e. The number of amides is 1. The van der Waals surface area contributed by atoms with Crippen molar-refractivity contribution in [2.75, 3.05) is 6.54 Å². The van der Waals surface area contributed by atoms with Crippen molar-refractivity contribution in [3.05, 3.63) is 97.8 Å². The van der Waals surface area contributed by atoms with E-state index in [4.69, 9.17) is 0 Å². The molecule has 34 heavy (non-hydrogen) atoms. The lowest BCUT2D eigenvalue weighted by Gasteiger charge is -2.15. The van der Waals surface area contributed by atoms with Gasteiger partial charge in [0.25, 0.3) is 0 Å². The van der Waals surface area contributed by atoms with Crippen molar-refractivity contribution < 1.29 is 4.79 Å². The zero-order chi connectivity index (χ0) is 24.2. The Bertz CT molecular complexity index is 1450. The van der Waals surface area contributed by atoms with E-state index in [9.17, 15) is 14.4 Å². The van der Waals surface area contributed by atoms with Crippen LogP contribution in [0.5, 0.6) is 0 Å². The van der Waals surface area contributed by atoms with Gasteiger partial charge in [-0.15, -0.1) is 0 Å². The first-order valence-electron chi connectivity index (χ1n) is 11.5. The first-order chi connectivity index (χ1) is 16.4. The standard InChI is InChI=1S/C26H29N5O3/c1-4-31-19(3)21(18(2)28-31)14-15-27-24(32)17-30-23-13-9-8-12-22(23)29(25(33)26(30)34)16-20-10-6-5-7-11-20/h5-13H,4,14-17H2,1-3H3,(H,27,32). The predicted octanol–water partition coefficient (Wildman–Crippen LogP) is 2.40. The molecule has 0 saturated heterocycles. The molecule has 0 unspecified atom stereocenters. The summed E-state index contributed by atoms with van der Waals surface area (Å²) in [5, 5.41) is 7.39. The maximum atomic E-state index is 13.0. The number of nitrogens with one attached hydrogen (secondary N) is 1. The summed E-state index contributed by atoms with van der Waals surface area (Å²) in [5.41, 5.74) is 3.90. The highest BCUT2D eigenvalue weighted by atomic mass is 16.2. The summed E-state index contributed by atoms with van der Waals surface area (Å²) >= 11 is 0. The second-order valence-electron chi connectivity index (χ2n) is 8.32. The number of rotatable bonds is 8. The lowest BCUT2D eigenvalue weighted by molar-refractivity contribution is -0.121. The van der Waals surface area contributed by atoms with Crippen LogP contribution >= 0.6 is 0 Å². The molecule has 2 aromatic carbocycles. The van der Waals surface area contributed by atoms with E-state index in [1.54, 1.807) is 18.2 Å². The van der Waals surface area contributed by atoms with Gasteiger partial charge in [0.2, 0.25) is 5.91 Å². The van der Waals surface area contributed by atoms with E-state index in [0.717, 1.165) is 29.1 Å².